The SMILES string of the molecule is NC(=O)c1cc(C(=O)N(c2ccc(N)cc2)c2ccc(N)cc2)ccc1Br. The highest BCUT2D eigenvalue weighted by Gasteiger charge is 2.21. The Morgan fingerprint density at radius 2 is 1.26 bits per heavy atom. The Morgan fingerprint density at radius 1 is 0.778 bits per heavy atom. The van der Waals surface area contributed by atoms with Gasteiger partial charge in [-0.3, -0.25) is 14.5 Å². The van der Waals surface area contributed by atoms with Gasteiger partial charge in [-0.2, -0.15) is 0 Å². The van der Waals surface area contributed by atoms with Crippen molar-refractivity contribution < 1.29 is 9.59 Å². The lowest BCUT2D eigenvalue weighted by Crippen LogP contribution is -2.26. The zero-order valence-corrected chi connectivity index (χ0v) is 15.8. The molecule has 2 amide bonds. The third-order valence-corrected chi connectivity index (χ3v) is 4.68. The van der Waals surface area contributed by atoms with Crippen LogP contribution in [-0.4, -0.2) is 11.8 Å². The minimum absolute atomic E-state index is 0.232. The number of carbonyl (C=O) groups excluding carboxylic acids is 2. The van der Waals surface area contributed by atoms with Gasteiger partial charge in [-0.05, 0) is 82.7 Å². The summed E-state index contributed by atoms with van der Waals surface area (Å²) in [6.07, 6.45) is 0. The molecule has 0 fully saturated rings. The van der Waals surface area contributed by atoms with Crippen LogP contribution in [0.25, 0.3) is 0 Å². The summed E-state index contributed by atoms with van der Waals surface area (Å²) in [7, 11) is 0. The summed E-state index contributed by atoms with van der Waals surface area (Å²) in [6, 6.07) is 18.6. The van der Waals surface area contributed by atoms with Gasteiger partial charge in [0.2, 0.25) is 5.91 Å². The largest absolute Gasteiger partial charge is 0.399 e. The topological polar surface area (TPSA) is 115 Å². The fourth-order valence-corrected chi connectivity index (χ4v) is 3.05. The van der Waals surface area contributed by atoms with Gasteiger partial charge in [0.1, 0.15) is 0 Å². The van der Waals surface area contributed by atoms with Crippen molar-refractivity contribution in [1.29, 1.82) is 0 Å². The molecule has 6 nitrogen and oxygen atoms in total. The van der Waals surface area contributed by atoms with Crippen LogP contribution in [0.4, 0.5) is 22.7 Å². The van der Waals surface area contributed by atoms with Crippen LogP contribution in [0.15, 0.2) is 71.2 Å². The van der Waals surface area contributed by atoms with E-state index in [1.165, 1.54) is 11.0 Å². The third kappa shape index (κ3) is 3.93. The number of nitrogens with zero attached hydrogens (tertiary/aromatic N) is 1. The first kappa shape index (κ1) is 18.5. The number of nitrogens with two attached hydrogens (primary N) is 3. The van der Waals surface area contributed by atoms with Crippen molar-refractivity contribution in [3.63, 3.8) is 0 Å². The number of hydrogen-bond acceptors (Lipinski definition) is 4. The van der Waals surface area contributed by atoms with Crippen LogP contribution in [0.3, 0.4) is 0 Å². The number of rotatable bonds is 4. The normalized spacial score (nSPS) is 10.4. The van der Waals surface area contributed by atoms with E-state index in [-0.39, 0.29) is 11.5 Å². The fraction of sp³-hybridized carbons (Fsp3) is 0. The van der Waals surface area contributed by atoms with Crippen LogP contribution < -0.4 is 22.1 Å². The average Bonchev–Trinajstić information content (AvgIpc) is 2.65. The van der Waals surface area contributed by atoms with Crippen LogP contribution in [-0.2, 0) is 0 Å². The lowest BCUT2D eigenvalue weighted by Gasteiger charge is -2.24. The summed E-state index contributed by atoms with van der Waals surface area (Å²) >= 11 is 3.27. The van der Waals surface area contributed by atoms with Gasteiger partial charge in [0.15, 0.2) is 0 Å². The van der Waals surface area contributed by atoms with Crippen molar-refractivity contribution in [1.82, 2.24) is 0 Å². The molecule has 0 aliphatic heterocycles. The first-order chi connectivity index (χ1) is 12.9. The van der Waals surface area contributed by atoms with Gasteiger partial charge in [-0.15, -0.1) is 0 Å². The van der Waals surface area contributed by atoms with E-state index < -0.39 is 5.91 Å². The maximum atomic E-state index is 13.3. The van der Waals surface area contributed by atoms with E-state index in [2.05, 4.69) is 15.9 Å². The van der Waals surface area contributed by atoms with Crippen molar-refractivity contribution in [2.75, 3.05) is 16.4 Å². The number of halogens is 1. The molecule has 3 aromatic rings. The van der Waals surface area contributed by atoms with Crippen LogP contribution >= 0.6 is 15.9 Å². The Labute approximate surface area is 164 Å². The molecule has 0 saturated heterocycles. The van der Waals surface area contributed by atoms with Gasteiger partial charge in [-0.25, -0.2) is 0 Å². The van der Waals surface area contributed by atoms with Gasteiger partial charge in [-0.1, -0.05) is 0 Å². The third-order valence-electron chi connectivity index (χ3n) is 3.98. The molecule has 7 heteroatoms. The molecule has 0 aromatic heterocycles. The first-order valence-corrected chi connectivity index (χ1v) is 8.81. The maximum absolute atomic E-state index is 13.3. The average molecular weight is 425 g/mol. The number of carbonyl (C=O) groups is 2. The summed E-state index contributed by atoms with van der Waals surface area (Å²) in [4.78, 5) is 26.4. The Kier molecular flexibility index (Phi) is 5.14. The quantitative estimate of drug-likeness (QED) is 0.553. The number of nitrogen functional groups attached to an aromatic ring is 2. The van der Waals surface area contributed by atoms with E-state index in [0.29, 0.717) is 32.8 Å². The fourth-order valence-electron chi connectivity index (χ4n) is 2.61. The second-order valence-corrected chi connectivity index (χ2v) is 6.74. The molecule has 0 radical (unpaired) electrons. The zero-order valence-electron chi connectivity index (χ0n) is 14.2. The molecule has 0 spiro atoms. The summed E-state index contributed by atoms with van der Waals surface area (Å²) < 4.78 is 0.526. The number of hydrogen-bond donors (Lipinski definition) is 3. The highest BCUT2D eigenvalue weighted by molar-refractivity contribution is 9.10. The molecule has 3 aromatic carbocycles. The molecule has 0 heterocycles. The van der Waals surface area contributed by atoms with E-state index >= 15 is 0 Å². The monoisotopic (exact) mass is 424 g/mol. The number of anilines is 4. The van der Waals surface area contributed by atoms with Gasteiger partial charge in [0.05, 0.1) is 5.56 Å². The molecule has 0 bridgehead atoms. The molecule has 0 aliphatic carbocycles. The van der Waals surface area contributed by atoms with Gasteiger partial charge in [0.25, 0.3) is 5.91 Å². The second-order valence-electron chi connectivity index (χ2n) is 5.88. The molecule has 3 rings (SSSR count). The smallest absolute Gasteiger partial charge is 0.262 e. The summed E-state index contributed by atoms with van der Waals surface area (Å²) in [5, 5.41) is 0. The van der Waals surface area contributed by atoms with Crippen LogP contribution in [0.1, 0.15) is 20.7 Å². The van der Waals surface area contributed by atoms with Gasteiger partial charge in [0, 0.05) is 32.8 Å². The van der Waals surface area contributed by atoms with Crippen molar-refractivity contribution in [2.24, 2.45) is 5.73 Å². The molecular weight excluding hydrogens is 408 g/mol. The Hall–Kier alpha value is -3.32. The zero-order chi connectivity index (χ0) is 19.6. The molecule has 6 N–H and O–H groups in total. The highest BCUT2D eigenvalue weighted by Crippen LogP contribution is 2.30. The number of amides is 2. The van der Waals surface area contributed by atoms with Crippen molar-refractivity contribution in [3.05, 3.63) is 82.3 Å². The minimum Gasteiger partial charge on any atom is -0.399 e. The summed E-state index contributed by atoms with van der Waals surface area (Å²) in [5.74, 6) is -0.942. The predicted octanol–water partition coefficient (Wildman–Crippen LogP) is 3.69. The maximum Gasteiger partial charge on any atom is 0.262 e. The molecule has 136 valence electrons. The van der Waals surface area contributed by atoms with E-state index in [9.17, 15) is 9.59 Å². The second kappa shape index (κ2) is 7.51. The van der Waals surface area contributed by atoms with Crippen LogP contribution in [0.5, 0.6) is 0 Å². The Morgan fingerprint density at radius 3 is 1.70 bits per heavy atom. The number of benzene rings is 3. The molecule has 0 aliphatic rings. The predicted molar refractivity (Wildman–Crippen MR) is 111 cm³/mol. The van der Waals surface area contributed by atoms with Crippen molar-refractivity contribution in [3.8, 4) is 0 Å². The van der Waals surface area contributed by atoms with Crippen molar-refractivity contribution in [2.45, 2.75) is 0 Å². The lowest BCUT2D eigenvalue weighted by molar-refractivity contribution is 0.0998. The molecular formula is C20H17BrN4O2. The van der Waals surface area contributed by atoms with Crippen LogP contribution in [0, 0.1) is 0 Å². The lowest BCUT2D eigenvalue weighted by atomic mass is 10.1. The van der Waals surface area contributed by atoms with Gasteiger partial charge >= 0.3 is 0 Å². The first-order valence-electron chi connectivity index (χ1n) is 8.01. The van der Waals surface area contributed by atoms with Crippen molar-refractivity contribution >= 4 is 50.5 Å². The number of primary amides is 1. The molecule has 0 saturated carbocycles. The van der Waals surface area contributed by atoms with E-state index in [0.717, 1.165) is 0 Å². The summed E-state index contributed by atoms with van der Waals surface area (Å²) in [6.45, 7) is 0. The molecule has 27 heavy (non-hydrogen) atoms. The summed E-state index contributed by atoms with van der Waals surface area (Å²) in [5.41, 5.74) is 19.9. The van der Waals surface area contributed by atoms with Gasteiger partial charge < -0.3 is 17.2 Å². The van der Waals surface area contributed by atoms with E-state index in [1.807, 2.05) is 0 Å². The van der Waals surface area contributed by atoms with E-state index in [1.54, 1.807) is 60.7 Å². The Bertz CT molecular complexity index is 956. The standard InChI is InChI=1S/C20H17BrN4O2/c21-18-10-1-12(11-17(18)19(24)26)20(27)25(15-6-2-13(22)3-7-15)16-8-4-14(23)5-9-16/h1-11H,22-23H2,(H2,24,26). The highest BCUT2D eigenvalue weighted by atomic mass is 79.9. The minimum atomic E-state index is -0.622. The molecule has 0 atom stereocenters. The van der Waals surface area contributed by atoms with E-state index in [4.69, 9.17) is 17.2 Å². The molecule has 0 unspecified atom stereocenters. The Balaban J connectivity index is 2.11. The van der Waals surface area contributed by atoms with Crippen LogP contribution in [0.2, 0.25) is 0 Å².